The Kier molecular flexibility index (Phi) is 6.85. The van der Waals surface area contributed by atoms with Crippen LogP contribution in [-0.2, 0) is 11.3 Å². The minimum Gasteiger partial charge on any atom is -0.494 e. The molecule has 3 nitrogen and oxygen atoms in total. The van der Waals surface area contributed by atoms with E-state index in [-0.39, 0.29) is 11.8 Å². The van der Waals surface area contributed by atoms with Crippen LogP contribution in [0.3, 0.4) is 0 Å². The molecule has 0 aromatic heterocycles. The Balaban J connectivity index is 1.71. The van der Waals surface area contributed by atoms with Crippen LogP contribution < -0.4 is 4.74 Å². The molecule has 0 saturated heterocycles. The summed E-state index contributed by atoms with van der Waals surface area (Å²) in [6.07, 6.45) is 0.446. The molecule has 28 heavy (non-hydrogen) atoms. The van der Waals surface area contributed by atoms with Crippen molar-refractivity contribution in [2.24, 2.45) is 0 Å². The summed E-state index contributed by atoms with van der Waals surface area (Å²) < 4.78 is 5.48. The molecule has 0 fully saturated rings. The number of nitrogens with zero attached hydrogens (tertiary/aromatic N) is 1. The average molecular weight is 373 g/mol. The molecular formula is C25H27NO2. The minimum absolute atomic E-state index is 0.0534. The lowest BCUT2D eigenvalue weighted by Crippen LogP contribution is -2.27. The molecule has 0 radical (unpaired) electrons. The van der Waals surface area contributed by atoms with Gasteiger partial charge >= 0.3 is 0 Å². The first-order chi connectivity index (χ1) is 13.7. The summed E-state index contributed by atoms with van der Waals surface area (Å²) in [4.78, 5) is 14.8. The Hall–Kier alpha value is -3.07. The van der Waals surface area contributed by atoms with Crippen molar-refractivity contribution >= 4 is 5.91 Å². The van der Waals surface area contributed by atoms with Gasteiger partial charge in [-0.1, -0.05) is 72.8 Å². The Morgan fingerprint density at radius 3 is 1.89 bits per heavy atom. The van der Waals surface area contributed by atoms with E-state index in [2.05, 4.69) is 24.3 Å². The third-order valence-corrected chi connectivity index (χ3v) is 4.86. The first-order valence-corrected chi connectivity index (χ1v) is 9.73. The first kappa shape index (κ1) is 19.7. The molecule has 3 aromatic rings. The minimum atomic E-state index is 0.0534. The Morgan fingerprint density at radius 2 is 1.39 bits per heavy atom. The Bertz CT molecular complexity index is 821. The molecule has 0 aliphatic carbocycles. The lowest BCUT2D eigenvalue weighted by molar-refractivity contribution is -0.130. The fourth-order valence-electron chi connectivity index (χ4n) is 3.35. The van der Waals surface area contributed by atoms with Crippen molar-refractivity contribution in [2.75, 3.05) is 13.7 Å². The van der Waals surface area contributed by atoms with Gasteiger partial charge in [0.1, 0.15) is 5.75 Å². The van der Waals surface area contributed by atoms with Crippen LogP contribution in [-0.4, -0.2) is 24.5 Å². The molecule has 0 spiro atoms. The number of hydrogen-bond acceptors (Lipinski definition) is 2. The Morgan fingerprint density at radius 1 is 0.857 bits per heavy atom. The van der Waals surface area contributed by atoms with Crippen molar-refractivity contribution in [3.8, 4) is 5.75 Å². The maximum atomic E-state index is 13.0. The van der Waals surface area contributed by atoms with Crippen molar-refractivity contribution < 1.29 is 9.53 Å². The van der Waals surface area contributed by atoms with Gasteiger partial charge in [-0.3, -0.25) is 4.79 Å². The molecule has 1 amide bonds. The molecule has 0 bridgehead atoms. The van der Waals surface area contributed by atoms with E-state index in [1.54, 1.807) is 4.90 Å². The van der Waals surface area contributed by atoms with Gasteiger partial charge in [0.2, 0.25) is 5.91 Å². The van der Waals surface area contributed by atoms with Crippen LogP contribution >= 0.6 is 0 Å². The van der Waals surface area contributed by atoms with Gasteiger partial charge < -0.3 is 9.64 Å². The molecule has 3 rings (SSSR count). The number of carbonyl (C=O) groups is 1. The number of amides is 1. The van der Waals surface area contributed by atoms with E-state index >= 15 is 0 Å². The molecule has 0 unspecified atom stereocenters. The van der Waals surface area contributed by atoms with Crippen molar-refractivity contribution in [1.29, 1.82) is 0 Å². The van der Waals surface area contributed by atoms with E-state index in [9.17, 15) is 4.79 Å². The van der Waals surface area contributed by atoms with Crippen LogP contribution in [0.1, 0.15) is 36.0 Å². The van der Waals surface area contributed by atoms with Gasteiger partial charge in [0.05, 0.1) is 6.61 Å². The SMILES string of the molecule is CCOc1ccc(CN(C)C(=O)CC(c2ccccc2)c2ccccc2)cc1. The number of rotatable bonds is 8. The summed E-state index contributed by atoms with van der Waals surface area (Å²) in [5.41, 5.74) is 3.42. The van der Waals surface area contributed by atoms with Crippen LogP contribution in [0.15, 0.2) is 84.9 Å². The zero-order valence-electron chi connectivity index (χ0n) is 16.5. The standard InChI is InChI=1S/C25H27NO2/c1-3-28-23-16-14-20(15-17-23)19-26(2)25(27)18-24(21-10-6-4-7-11-21)22-12-8-5-9-13-22/h4-17,24H,3,18-19H2,1-2H3. The number of ether oxygens (including phenoxy) is 1. The van der Waals surface area contributed by atoms with Crippen LogP contribution in [0.25, 0.3) is 0 Å². The maximum absolute atomic E-state index is 13.0. The van der Waals surface area contributed by atoms with Gasteiger partial charge in [-0.25, -0.2) is 0 Å². The zero-order valence-corrected chi connectivity index (χ0v) is 16.5. The summed E-state index contributed by atoms with van der Waals surface area (Å²) in [5, 5.41) is 0. The van der Waals surface area contributed by atoms with Crippen molar-refractivity contribution in [3.63, 3.8) is 0 Å². The molecule has 0 aliphatic rings. The summed E-state index contributed by atoms with van der Waals surface area (Å²) in [6, 6.07) is 28.4. The molecule has 0 saturated carbocycles. The lowest BCUT2D eigenvalue weighted by Gasteiger charge is -2.23. The van der Waals surface area contributed by atoms with Gasteiger partial charge in [0, 0.05) is 25.9 Å². The molecule has 144 valence electrons. The summed E-state index contributed by atoms with van der Waals surface area (Å²) in [5.74, 6) is 1.04. The van der Waals surface area contributed by atoms with E-state index in [1.165, 1.54) is 0 Å². The molecule has 0 heterocycles. The van der Waals surface area contributed by atoms with Gasteiger partial charge in [0.25, 0.3) is 0 Å². The van der Waals surface area contributed by atoms with Gasteiger partial charge in [-0.2, -0.15) is 0 Å². The molecule has 0 N–H and O–H groups in total. The van der Waals surface area contributed by atoms with Gasteiger partial charge in [-0.05, 0) is 35.7 Å². The summed E-state index contributed by atoms with van der Waals surface area (Å²) in [6.45, 7) is 3.20. The van der Waals surface area contributed by atoms with Crippen molar-refractivity contribution in [1.82, 2.24) is 4.90 Å². The highest BCUT2D eigenvalue weighted by atomic mass is 16.5. The zero-order chi connectivity index (χ0) is 19.8. The van der Waals surface area contributed by atoms with Crippen LogP contribution in [0.2, 0.25) is 0 Å². The second-order valence-electron chi connectivity index (χ2n) is 6.90. The van der Waals surface area contributed by atoms with Crippen LogP contribution in [0, 0.1) is 0 Å². The monoisotopic (exact) mass is 373 g/mol. The number of benzene rings is 3. The van der Waals surface area contributed by atoms with Gasteiger partial charge in [-0.15, -0.1) is 0 Å². The van der Waals surface area contributed by atoms with Crippen molar-refractivity contribution in [3.05, 3.63) is 102 Å². The molecule has 3 aromatic carbocycles. The van der Waals surface area contributed by atoms with Crippen LogP contribution in [0.4, 0.5) is 0 Å². The average Bonchev–Trinajstić information content (AvgIpc) is 2.74. The number of carbonyl (C=O) groups excluding carboxylic acids is 1. The first-order valence-electron chi connectivity index (χ1n) is 9.73. The predicted octanol–water partition coefficient (Wildman–Crippen LogP) is 5.27. The topological polar surface area (TPSA) is 29.5 Å². The normalized spacial score (nSPS) is 10.7. The largest absolute Gasteiger partial charge is 0.494 e. The van der Waals surface area contributed by atoms with E-state index in [0.29, 0.717) is 19.6 Å². The van der Waals surface area contributed by atoms with E-state index in [4.69, 9.17) is 4.74 Å². The van der Waals surface area contributed by atoms with Crippen molar-refractivity contribution in [2.45, 2.75) is 25.8 Å². The predicted molar refractivity (Wildman–Crippen MR) is 113 cm³/mol. The molecule has 3 heteroatoms. The lowest BCUT2D eigenvalue weighted by atomic mass is 9.88. The highest BCUT2D eigenvalue weighted by Gasteiger charge is 2.20. The van der Waals surface area contributed by atoms with Gasteiger partial charge in [0.15, 0.2) is 0 Å². The third-order valence-electron chi connectivity index (χ3n) is 4.86. The van der Waals surface area contributed by atoms with Crippen LogP contribution in [0.5, 0.6) is 5.75 Å². The smallest absolute Gasteiger partial charge is 0.223 e. The van der Waals surface area contributed by atoms with E-state index in [1.807, 2.05) is 74.6 Å². The van der Waals surface area contributed by atoms with E-state index < -0.39 is 0 Å². The molecular weight excluding hydrogens is 346 g/mol. The fourth-order valence-corrected chi connectivity index (χ4v) is 3.35. The summed E-state index contributed by atoms with van der Waals surface area (Å²) >= 11 is 0. The molecule has 0 aliphatic heterocycles. The number of hydrogen-bond donors (Lipinski definition) is 0. The third kappa shape index (κ3) is 5.23. The fraction of sp³-hybridized carbons (Fsp3) is 0.240. The Labute approximate surface area is 167 Å². The summed E-state index contributed by atoms with van der Waals surface area (Å²) in [7, 11) is 1.87. The molecule has 0 atom stereocenters. The second kappa shape index (κ2) is 9.75. The maximum Gasteiger partial charge on any atom is 0.223 e. The van der Waals surface area contributed by atoms with E-state index in [0.717, 1.165) is 22.4 Å². The quantitative estimate of drug-likeness (QED) is 0.539. The highest BCUT2D eigenvalue weighted by Crippen LogP contribution is 2.28. The second-order valence-corrected chi connectivity index (χ2v) is 6.90. The highest BCUT2D eigenvalue weighted by molar-refractivity contribution is 5.77.